The zero-order valence-corrected chi connectivity index (χ0v) is 14.6. The highest BCUT2D eigenvalue weighted by molar-refractivity contribution is 7.13. The lowest BCUT2D eigenvalue weighted by Gasteiger charge is -2.31. The Balaban J connectivity index is 1.45. The molecule has 0 aromatic carbocycles. The molecule has 0 aliphatic carbocycles. The molecule has 3 aromatic rings. The summed E-state index contributed by atoms with van der Waals surface area (Å²) in [5.74, 6) is 1.08. The first-order chi connectivity index (χ1) is 12.3. The van der Waals surface area contributed by atoms with Gasteiger partial charge in [0.1, 0.15) is 16.5 Å². The van der Waals surface area contributed by atoms with Gasteiger partial charge in [0.15, 0.2) is 0 Å². The molecule has 0 spiro atoms. The van der Waals surface area contributed by atoms with E-state index in [0.29, 0.717) is 5.69 Å². The molecule has 7 heteroatoms. The molecule has 6 nitrogen and oxygen atoms in total. The van der Waals surface area contributed by atoms with Crippen molar-refractivity contribution in [1.29, 1.82) is 0 Å². The Hall–Kier alpha value is -2.38. The third-order valence-corrected chi connectivity index (χ3v) is 5.31. The van der Waals surface area contributed by atoms with Gasteiger partial charge in [-0.25, -0.2) is 9.97 Å². The Kier molecular flexibility index (Phi) is 4.67. The Morgan fingerprint density at radius 1 is 1.28 bits per heavy atom. The van der Waals surface area contributed by atoms with Gasteiger partial charge in [-0.15, -0.1) is 11.3 Å². The van der Waals surface area contributed by atoms with Crippen LogP contribution in [0.15, 0.2) is 47.0 Å². The SMILES string of the molecule is O=c1cc(-c2nccs2)nc(C2CCN(Cc3cccnc3)CC2)[nH]1. The summed E-state index contributed by atoms with van der Waals surface area (Å²) in [6.45, 7) is 2.90. The summed E-state index contributed by atoms with van der Waals surface area (Å²) in [5.41, 5.74) is 1.80. The van der Waals surface area contributed by atoms with Gasteiger partial charge < -0.3 is 4.98 Å². The maximum absolute atomic E-state index is 12.0. The van der Waals surface area contributed by atoms with Gasteiger partial charge in [-0.2, -0.15) is 0 Å². The molecule has 4 heterocycles. The van der Waals surface area contributed by atoms with E-state index in [9.17, 15) is 4.79 Å². The Morgan fingerprint density at radius 3 is 2.88 bits per heavy atom. The highest BCUT2D eigenvalue weighted by Gasteiger charge is 2.23. The second-order valence-corrected chi connectivity index (χ2v) is 7.16. The molecule has 1 fully saturated rings. The van der Waals surface area contributed by atoms with Gasteiger partial charge in [0.25, 0.3) is 5.56 Å². The van der Waals surface area contributed by atoms with E-state index in [4.69, 9.17) is 0 Å². The standard InChI is InChI=1S/C18H19N5OS/c24-16-10-15(18-20-6-9-25-18)21-17(22-16)14-3-7-23(8-4-14)12-13-2-1-5-19-11-13/h1-2,5-6,9-11,14H,3-4,7-8,12H2,(H,21,22,24). The predicted molar refractivity (Wildman–Crippen MR) is 97.5 cm³/mol. The number of likely N-dealkylation sites (tertiary alicyclic amines) is 1. The molecule has 0 radical (unpaired) electrons. The maximum Gasteiger partial charge on any atom is 0.251 e. The summed E-state index contributed by atoms with van der Waals surface area (Å²) >= 11 is 1.50. The first kappa shape index (κ1) is 16.1. The fraction of sp³-hybridized carbons (Fsp3) is 0.333. The summed E-state index contributed by atoms with van der Waals surface area (Å²) in [6, 6.07) is 5.61. The number of H-pyrrole nitrogens is 1. The monoisotopic (exact) mass is 353 g/mol. The molecule has 25 heavy (non-hydrogen) atoms. The summed E-state index contributed by atoms with van der Waals surface area (Å²) < 4.78 is 0. The summed E-state index contributed by atoms with van der Waals surface area (Å²) in [4.78, 5) is 30.5. The van der Waals surface area contributed by atoms with Crippen molar-refractivity contribution in [2.24, 2.45) is 0 Å². The molecule has 0 unspecified atom stereocenters. The number of hydrogen-bond donors (Lipinski definition) is 1. The van der Waals surface area contributed by atoms with E-state index in [-0.39, 0.29) is 11.5 Å². The molecule has 1 aliphatic heterocycles. The highest BCUT2D eigenvalue weighted by Crippen LogP contribution is 2.27. The molecular formula is C18H19N5OS. The third-order valence-electron chi connectivity index (χ3n) is 4.51. The number of nitrogens with one attached hydrogen (secondary N) is 1. The number of hydrogen-bond acceptors (Lipinski definition) is 6. The van der Waals surface area contributed by atoms with E-state index >= 15 is 0 Å². The number of piperidine rings is 1. The summed E-state index contributed by atoms with van der Waals surface area (Å²) in [7, 11) is 0. The minimum absolute atomic E-state index is 0.104. The number of pyridine rings is 1. The van der Waals surface area contributed by atoms with Crippen LogP contribution in [0.1, 0.15) is 30.1 Å². The van der Waals surface area contributed by atoms with Crippen LogP contribution >= 0.6 is 11.3 Å². The van der Waals surface area contributed by atoms with E-state index in [0.717, 1.165) is 43.3 Å². The Labute approximate surface area is 149 Å². The van der Waals surface area contributed by atoms with Crippen molar-refractivity contribution in [2.75, 3.05) is 13.1 Å². The lowest BCUT2D eigenvalue weighted by atomic mass is 9.95. The topological polar surface area (TPSA) is 74.8 Å². The average molecular weight is 353 g/mol. The van der Waals surface area contributed by atoms with Crippen LogP contribution in [-0.4, -0.2) is 37.9 Å². The fourth-order valence-electron chi connectivity index (χ4n) is 3.24. The first-order valence-electron chi connectivity index (χ1n) is 8.40. The number of thiazole rings is 1. The number of aromatic amines is 1. The van der Waals surface area contributed by atoms with Crippen LogP contribution in [0.4, 0.5) is 0 Å². The third kappa shape index (κ3) is 3.83. The van der Waals surface area contributed by atoms with Gasteiger partial charge in [-0.1, -0.05) is 6.07 Å². The van der Waals surface area contributed by atoms with Crippen molar-refractivity contribution < 1.29 is 0 Å². The van der Waals surface area contributed by atoms with E-state index in [2.05, 4.69) is 30.9 Å². The molecule has 1 N–H and O–H groups in total. The largest absolute Gasteiger partial charge is 0.310 e. The van der Waals surface area contributed by atoms with Crippen molar-refractivity contribution in [3.05, 3.63) is 63.9 Å². The minimum atomic E-state index is -0.104. The van der Waals surface area contributed by atoms with Gasteiger partial charge in [0.2, 0.25) is 0 Å². The van der Waals surface area contributed by atoms with E-state index in [1.165, 1.54) is 23.0 Å². The van der Waals surface area contributed by atoms with E-state index < -0.39 is 0 Å². The van der Waals surface area contributed by atoms with Gasteiger partial charge in [-0.3, -0.25) is 14.7 Å². The zero-order valence-electron chi connectivity index (χ0n) is 13.8. The number of aromatic nitrogens is 4. The van der Waals surface area contributed by atoms with Crippen molar-refractivity contribution in [3.8, 4) is 10.7 Å². The first-order valence-corrected chi connectivity index (χ1v) is 9.28. The zero-order chi connectivity index (χ0) is 17.1. The smallest absolute Gasteiger partial charge is 0.251 e. The lowest BCUT2D eigenvalue weighted by Crippen LogP contribution is -2.33. The van der Waals surface area contributed by atoms with Crippen molar-refractivity contribution >= 4 is 11.3 Å². The van der Waals surface area contributed by atoms with Gasteiger partial charge in [0.05, 0.1) is 0 Å². The van der Waals surface area contributed by atoms with E-state index in [1.807, 2.05) is 17.6 Å². The Morgan fingerprint density at radius 2 is 2.16 bits per heavy atom. The Bertz CT molecular complexity index is 870. The highest BCUT2D eigenvalue weighted by atomic mass is 32.1. The van der Waals surface area contributed by atoms with Crippen LogP contribution in [0.2, 0.25) is 0 Å². The van der Waals surface area contributed by atoms with Crippen molar-refractivity contribution in [2.45, 2.75) is 25.3 Å². The van der Waals surface area contributed by atoms with Crippen LogP contribution < -0.4 is 5.56 Å². The van der Waals surface area contributed by atoms with Crippen LogP contribution in [0.5, 0.6) is 0 Å². The average Bonchev–Trinajstić information content (AvgIpc) is 3.17. The predicted octanol–water partition coefficient (Wildman–Crippen LogP) is 2.67. The van der Waals surface area contributed by atoms with Crippen LogP contribution in [0.25, 0.3) is 10.7 Å². The normalized spacial score (nSPS) is 16.2. The van der Waals surface area contributed by atoms with E-state index in [1.54, 1.807) is 12.4 Å². The van der Waals surface area contributed by atoms with Crippen LogP contribution in [-0.2, 0) is 6.54 Å². The van der Waals surface area contributed by atoms with Crippen LogP contribution in [0.3, 0.4) is 0 Å². The van der Waals surface area contributed by atoms with Gasteiger partial charge in [0, 0.05) is 42.5 Å². The fourth-order valence-corrected chi connectivity index (χ4v) is 3.84. The molecular weight excluding hydrogens is 334 g/mol. The quantitative estimate of drug-likeness (QED) is 0.780. The number of rotatable bonds is 4. The molecule has 0 bridgehead atoms. The van der Waals surface area contributed by atoms with Gasteiger partial charge >= 0.3 is 0 Å². The molecule has 0 atom stereocenters. The molecule has 1 saturated heterocycles. The summed E-state index contributed by atoms with van der Waals surface area (Å²) in [6.07, 6.45) is 7.43. The summed E-state index contributed by atoms with van der Waals surface area (Å²) in [5, 5.41) is 2.69. The van der Waals surface area contributed by atoms with Crippen molar-refractivity contribution in [1.82, 2.24) is 24.8 Å². The molecule has 0 amide bonds. The lowest BCUT2D eigenvalue weighted by molar-refractivity contribution is 0.201. The molecule has 128 valence electrons. The minimum Gasteiger partial charge on any atom is -0.310 e. The molecule has 3 aromatic heterocycles. The van der Waals surface area contributed by atoms with Crippen LogP contribution in [0, 0.1) is 0 Å². The van der Waals surface area contributed by atoms with Gasteiger partial charge in [-0.05, 0) is 37.6 Å². The molecule has 4 rings (SSSR count). The second kappa shape index (κ2) is 7.25. The molecule has 1 aliphatic rings. The second-order valence-electron chi connectivity index (χ2n) is 6.26. The number of nitrogens with zero attached hydrogens (tertiary/aromatic N) is 4. The molecule has 0 saturated carbocycles. The maximum atomic E-state index is 12.0. The van der Waals surface area contributed by atoms with Crippen molar-refractivity contribution in [3.63, 3.8) is 0 Å².